The van der Waals surface area contributed by atoms with Crippen molar-refractivity contribution in [1.29, 1.82) is 0 Å². The van der Waals surface area contributed by atoms with Crippen molar-refractivity contribution in [3.05, 3.63) is 86.7 Å². The molecule has 7 nitrogen and oxygen atoms in total. The molecule has 2 aromatic heterocycles. The number of hydrogen-bond acceptors (Lipinski definition) is 4. The summed E-state index contributed by atoms with van der Waals surface area (Å²) in [5.74, 6) is 0.740. The first kappa shape index (κ1) is 19.4. The van der Waals surface area contributed by atoms with Crippen molar-refractivity contribution in [3.8, 4) is 17.0 Å². The number of nitrogens with zero attached hydrogens (tertiary/aromatic N) is 3. The van der Waals surface area contributed by atoms with Gasteiger partial charge in [0.1, 0.15) is 11.9 Å². The molecule has 0 radical (unpaired) electrons. The first-order valence-corrected chi connectivity index (χ1v) is 10.2. The number of aromatic nitrogens is 3. The van der Waals surface area contributed by atoms with Gasteiger partial charge in [-0.3, -0.25) is 13.9 Å². The van der Waals surface area contributed by atoms with Crippen LogP contribution in [-0.2, 0) is 25.4 Å². The molecule has 0 bridgehead atoms. The molecule has 4 aromatic rings. The van der Waals surface area contributed by atoms with E-state index in [9.17, 15) is 9.59 Å². The van der Waals surface area contributed by atoms with E-state index in [0.717, 1.165) is 28.3 Å². The Morgan fingerprint density at radius 2 is 1.68 bits per heavy atom. The highest BCUT2D eigenvalue weighted by molar-refractivity contribution is 5.96. The van der Waals surface area contributed by atoms with Crippen LogP contribution in [-0.4, -0.2) is 27.4 Å². The third-order valence-electron chi connectivity index (χ3n) is 6.02. The fourth-order valence-electron chi connectivity index (χ4n) is 4.51. The molecule has 2 aromatic carbocycles. The molecule has 0 fully saturated rings. The van der Waals surface area contributed by atoms with Crippen LogP contribution in [0.2, 0.25) is 0 Å². The molecule has 7 heteroatoms. The minimum atomic E-state index is -0.373. The van der Waals surface area contributed by atoms with Crippen LogP contribution in [0.5, 0.6) is 5.75 Å². The third-order valence-corrected chi connectivity index (χ3v) is 6.02. The molecule has 1 aliphatic heterocycles. The zero-order valence-corrected chi connectivity index (χ0v) is 17.7. The molecular formula is C24H23N3O4. The van der Waals surface area contributed by atoms with Crippen molar-refractivity contribution in [2.75, 3.05) is 13.7 Å². The summed E-state index contributed by atoms with van der Waals surface area (Å²) in [6, 6.07) is 17.5. The van der Waals surface area contributed by atoms with E-state index in [2.05, 4.69) is 4.57 Å². The lowest BCUT2D eigenvalue weighted by Gasteiger charge is -2.27. The van der Waals surface area contributed by atoms with E-state index >= 15 is 0 Å². The highest BCUT2D eigenvalue weighted by Gasteiger charge is 2.32. The SMILES string of the molecule is COc1ccc(-c2c3c(=O)n(C)c(=O)n(C)c3c3n2CCOC3c2ccccc2)cc1. The molecule has 0 amide bonds. The van der Waals surface area contributed by atoms with Crippen LogP contribution < -0.4 is 16.0 Å². The molecule has 1 atom stereocenters. The maximum absolute atomic E-state index is 13.4. The number of benzene rings is 2. The molecule has 0 saturated heterocycles. The predicted molar refractivity (Wildman–Crippen MR) is 119 cm³/mol. The van der Waals surface area contributed by atoms with Gasteiger partial charge in [-0.1, -0.05) is 30.3 Å². The minimum absolute atomic E-state index is 0.308. The van der Waals surface area contributed by atoms with E-state index in [1.165, 1.54) is 11.6 Å². The molecule has 0 saturated carbocycles. The van der Waals surface area contributed by atoms with Crippen LogP contribution in [0, 0.1) is 0 Å². The van der Waals surface area contributed by atoms with E-state index < -0.39 is 0 Å². The van der Waals surface area contributed by atoms with Crippen LogP contribution in [0.1, 0.15) is 17.4 Å². The number of methoxy groups -OCH3 is 1. The van der Waals surface area contributed by atoms with Gasteiger partial charge in [-0.2, -0.15) is 0 Å². The summed E-state index contributed by atoms with van der Waals surface area (Å²) in [6.45, 7) is 1.09. The first-order chi connectivity index (χ1) is 15.0. The monoisotopic (exact) mass is 417 g/mol. The zero-order valence-electron chi connectivity index (χ0n) is 17.7. The van der Waals surface area contributed by atoms with Gasteiger partial charge >= 0.3 is 5.69 Å². The van der Waals surface area contributed by atoms with Gasteiger partial charge in [0.2, 0.25) is 0 Å². The lowest BCUT2D eigenvalue weighted by atomic mass is 10.0. The lowest BCUT2D eigenvalue weighted by Crippen LogP contribution is -2.37. The van der Waals surface area contributed by atoms with Gasteiger partial charge in [-0.15, -0.1) is 0 Å². The lowest BCUT2D eigenvalue weighted by molar-refractivity contribution is 0.0478. The fourth-order valence-corrected chi connectivity index (χ4v) is 4.51. The topological polar surface area (TPSA) is 67.4 Å². The van der Waals surface area contributed by atoms with Crippen LogP contribution in [0.25, 0.3) is 22.2 Å². The van der Waals surface area contributed by atoms with Crippen molar-refractivity contribution in [2.24, 2.45) is 14.1 Å². The second-order valence-corrected chi connectivity index (χ2v) is 7.70. The minimum Gasteiger partial charge on any atom is -0.497 e. The fraction of sp³-hybridized carbons (Fsp3) is 0.250. The second kappa shape index (κ2) is 7.28. The van der Waals surface area contributed by atoms with Crippen molar-refractivity contribution in [2.45, 2.75) is 12.6 Å². The maximum atomic E-state index is 13.4. The Labute approximate surface area is 178 Å². The summed E-state index contributed by atoms with van der Waals surface area (Å²) >= 11 is 0. The van der Waals surface area contributed by atoms with E-state index in [1.54, 1.807) is 18.7 Å². The van der Waals surface area contributed by atoms with Gasteiger partial charge < -0.3 is 14.0 Å². The summed E-state index contributed by atoms with van der Waals surface area (Å²) in [5, 5.41) is 0.524. The number of hydrogen-bond donors (Lipinski definition) is 0. The van der Waals surface area contributed by atoms with Crippen molar-refractivity contribution in [3.63, 3.8) is 0 Å². The Balaban J connectivity index is 1.92. The predicted octanol–water partition coefficient (Wildman–Crippen LogP) is 2.83. The third kappa shape index (κ3) is 2.84. The largest absolute Gasteiger partial charge is 0.497 e. The van der Waals surface area contributed by atoms with Gasteiger partial charge in [0.05, 0.1) is 36.0 Å². The molecule has 31 heavy (non-hydrogen) atoms. The summed E-state index contributed by atoms with van der Waals surface area (Å²) in [4.78, 5) is 26.2. The zero-order chi connectivity index (χ0) is 21.7. The van der Waals surface area contributed by atoms with Crippen molar-refractivity contribution >= 4 is 10.9 Å². The Morgan fingerprint density at radius 1 is 0.968 bits per heavy atom. The number of rotatable bonds is 3. The van der Waals surface area contributed by atoms with Gasteiger partial charge in [0.25, 0.3) is 5.56 Å². The molecule has 1 aliphatic rings. The van der Waals surface area contributed by atoms with Gasteiger partial charge in [-0.25, -0.2) is 4.79 Å². The standard InChI is InChI=1S/C24H23N3O4/c1-25-20-18(23(28)26(2)24(25)29)19(15-9-11-17(30-3)12-10-15)27-13-14-31-22(21(20)27)16-7-5-4-6-8-16/h4-12,22H,13-14H2,1-3H3. The quantitative estimate of drug-likeness (QED) is 0.514. The van der Waals surface area contributed by atoms with E-state index in [4.69, 9.17) is 9.47 Å². The average Bonchev–Trinajstić information content (AvgIpc) is 3.17. The Kier molecular flexibility index (Phi) is 4.55. The average molecular weight is 417 g/mol. The summed E-state index contributed by atoms with van der Waals surface area (Å²) in [6.07, 6.45) is -0.373. The van der Waals surface area contributed by atoms with Gasteiger partial charge in [-0.05, 0) is 35.4 Å². The van der Waals surface area contributed by atoms with Crippen LogP contribution in [0.3, 0.4) is 0 Å². The Morgan fingerprint density at radius 3 is 2.35 bits per heavy atom. The van der Waals surface area contributed by atoms with Crippen LogP contribution in [0.15, 0.2) is 64.2 Å². The first-order valence-electron chi connectivity index (χ1n) is 10.2. The molecule has 0 aliphatic carbocycles. The normalized spacial score (nSPS) is 15.8. The van der Waals surface area contributed by atoms with Crippen LogP contribution in [0.4, 0.5) is 0 Å². The molecule has 5 rings (SSSR count). The van der Waals surface area contributed by atoms with Gasteiger partial charge in [0, 0.05) is 20.6 Å². The molecule has 158 valence electrons. The molecule has 3 heterocycles. The molecule has 0 spiro atoms. The van der Waals surface area contributed by atoms with E-state index in [0.29, 0.717) is 24.1 Å². The van der Waals surface area contributed by atoms with Gasteiger partial charge in [0.15, 0.2) is 0 Å². The summed E-state index contributed by atoms with van der Waals surface area (Å²) < 4.78 is 16.3. The van der Waals surface area contributed by atoms with Crippen molar-refractivity contribution in [1.82, 2.24) is 13.7 Å². The number of aryl methyl sites for hydroxylation is 1. The second-order valence-electron chi connectivity index (χ2n) is 7.70. The molecule has 0 N–H and O–H groups in total. The molecular weight excluding hydrogens is 394 g/mol. The number of fused-ring (bicyclic) bond motifs is 3. The van der Waals surface area contributed by atoms with E-state index in [-0.39, 0.29) is 17.4 Å². The van der Waals surface area contributed by atoms with Crippen LogP contribution >= 0.6 is 0 Å². The molecule has 1 unspecified atom stereocenters. The van der Waals surface area contributed by atoms with Crippen molar-refractivity contribution < 1.29 is 9.47 Å². The Hall–Kier alpha value is -3.58. The number of ether oxygens (including phenoxy) is 2. The summed E-state index contributed by atoms with van der Waals surface area (Å²) in [5.41, 5.74) is 3.46. The summed E-state index contributed by atoms with van der Waals surface area (Å²) in [7, 11) is 4.85. The maximum Gasteiger partial charge on any atom is 0.331 e. The highest BCUT2D eigenvalue weighted by Crippen LogP contribution is 2.40. The van der Waals surface area contributed by atoms with E-state index in [1.807, 2.05) is 54.6 Å². The highest BCUT2D eigenvalue weighted by atomic mass is 16.5. The smallest absolute Gasteiger partial charge is 0.331 e. The Bertz CT molecular complexity index is 1400.